The zero-order valence-electron chi connectivity index (χ0n) is 11.6. The molecular formula is C15H21N3O. The maximum absolute atomic E-state index is 5.49. The second kappa shape index (κ2) is 7.07. The van der Waals surface area contributed by atoms with Crippen LogP contribution in [0.1, 0.15) is 29.3 Å². The molecule has 0 fully saturated rings. The van der Waals surface area contributed by atoms with Crippen molar-refractivity contribution in [2.45, 2.75) is 33.5 Å². The van der Waals surface area contributed by atoms with Crippen LogP contribution in [0.15, 0.2) is 30.5 Å². The lowest BCUT2D eigenvalue weighted by molar-refractivity contribution is 0.133. The molecule has 4 heteroatoms. The number of benzene rings is 1. The molecular weight excluding hydrogens is 238 g/mol. The summed E-state index contributed by atoms with van der Waals surface area (Å²) in [6.45, 7) is 7.14. The van der Waals surface area contributed by atoms with E-state index < -0.39 is 0 Å². The molecule has 0 spiro atoms. The van der Waals surface area contributed by atoms with E-state index in [1.54, 1.807) is 0 Å². The third kappa shape index (κ3) is 3.91. The van der Waals surface area contributed by atoms with Gasteiger partial charge in [-0.05, 0) is 25.0 Å². The van der Waals surface area contributed by atoms with Gasteiger partial charge < -0.3 is 10.1 Å². The summed E-state index contributed by atoms with van der Waals surface area (Å²) in [4.78, 5) is 0. The number of nitrogens with zero attached hydrogens (tertiary/aromatic N) is 1. The summed E-state index contributed by atoms with van der Waals surface area (Å²) in [5.74, 6) is 0. The molecule has 0 radical (unpaired) electrons. The fourth-order valence-electron chi connectivity index (χ4n) is 1.97. The average molecular weight is 259 g/mol. The monoisotopic (exact) mass is 259 g/mol. The molecule has 0 amide bonds. The van der Waals surface area contributed by atoms with Gasteiger partial charge in [-0.15, -0.1) is 0 Å². The number of hydrogen-bond donors (Lipinski definition) is 2. The first kappa shape index (κ1) is 13.8. The third-order valence-electron chi connectivity index (χ3n) is 3.15. The van der Waals surface area contributed by atoms with Gasteiger partial charge in [-0.1, -0.05) is 24.3 Å². The number of ether oxygens (including phenoxy) is 1. The molecule has 0 atom stereocenters. The Hall–Kier alpha value is -1.65. The van der Waals surface area contributed by atoms with Gasteiger partial charge in [0.05, 0.1) is 12.8 Å². The number of aryl methyl sites for hydroxylation is 1. The van der Waals surface area contributed by atoms with Gasteiger partial charge in [-0.2, -0.15) is 5.10 Å². The molecule has 1 heterocycles. The second-order valence-electron chi connectivity index (χ2n) is 4.53. The van der Waals surface area contributed by atoms with Gasteiger partial charge in [-0.3, -0.25) is 5.10 Å². The van der Waals surface area contributed by atoms with Gasteiger partial charge in [0.25, 0.3) is 0 Å². The van der Waals surface area contributed by atoms with Crippen LogP contribution in [-0.4, -0.2) is 16.8 Å². The molecule has 0 saturated heterocycles. The van der Waals surface area contributed by atoms with Gasteiger partial charge in [0.15, 0.2) is 0 Å². The summed E-state index contributed by atoms with van der Waals surface area (Å²) in [6, 6.07) is 8.38. The molecule has 0 aliphatic rings. The minimum atomic E-state index is 0.680. The zero-order chi connectivity index (χ0) is 13.5. The van der Waals surface area contributed by atoms with Crippen molar-refractivity contribution in [3.8, 4) is 0 Å². The Morgan fingerprint density at radius 1 is 1.16 bits per heavy atom. The van der Waals surface area contributed by atoms with E-state index in [1.807, 2.05) is 20.0 Å². The molecule has 1 aromatic heterocycles. The smallest absolute Gasteiger partial charge is 0.0719 e. The van der Waals surface area contributed by atoms with Gasteiger partial charge in [0.2, 0.25) is 0 Å². The van der Waals surface area contributed by atoms with E-state index in [1.165, 1.54) is 16.7 Å². The van der Waals surface area contributed by atoms with Crippen LogP contribution in [-0.2, 0) is 24.4 Å². The summed E-state index contributed by atoms with van der Waals surface area (Å²) in [7, 11) is 0. The van der Waals surface area contributed by atoms with Crippen LogP contribution in [0, 0.1) is 6.92 Å². The van der Waals surface area contributed by atoms with Gasteiger partial charge in [0.1, 0.15) is 0 Å². The van der Waals surface area contributed by atoms with Gasteiger partial charge in [-0.25, -0.2) is 0 Å². The normalized spacial score (nSPS) is 10.8. The van der Waals surface area contributed by atoms with Crippen molar-refractivity contribution >= 4 is 0 Å². The Labute approximate surface area is 114 Å². The minimum Gasteiger partial charge on any atom is -0.377 e. The molecule has 102 valence electrons. The van der Waals surface area contributed by atoms with Crippen LogP contribution in [0.5, 0.6) is 0 Å². The van der Waals surface area contributed by atoms with E-state index >= 15 is 0 Å². The van der Waals surface area contributed by atoms with Gasteiger partial charge in [0, 0.05) is 31.0 Å². The average Bonchev–Trinajstić information content (AvgIpc) is 2.83. The Morgan fingerprint density at radius 3 is 2.58 bits per heavy atom. The number of hydrogen-bond acceptors (Lipinski definition) is 3. The maximum atomic E-state index is 5.49. The highest BCUT2D eigenvalue weighted by atomic mass is 16.5. The zero-order valence-corrected chi connectivity index (χ0v) is 11.6. The number of aromatic nitrogens is 2. The topological polar surface area (TPSA) is 49.9 Å². The molecule has 2 rings (SSSR count). The van der Waals surface area contributed by atoms with Crippen molar-refractivity contribution in [3.63, 3.8) is 0 Å². The predicted octanol–water partition coefficient (Wildman–Crippen LogP) is 2.54. The molecule has 1 aromatic carbocycles. The number of H-pyrrole nitrogens is 1. The van der Waals surface area contributed by atoms with E-state index in [2.05, 4.69) is 39.8 Å². The summed E-state index contributed by atoms with van der Waals surface area (Å²) >= 11 is 0. The predicted molar refractivity (Wildman–Crippen MR) is 75.6 cm³/mol. The Bertz CT molecular complexity index is 508. The maximum Gasteiger partial charge on any atom is 0.0719 e. The minimum absolute atomic E-state index is 0.680. The summed E-state index contributed by atoms with van der Waals surface area (Å²) in [5.41, 5.74) is 4.87. The summed E-state index contributed by atoms with van der Waals surface area (Å²) in [6.07, 6.45) is 1.87. The quantitative estimate of drug-likeness (QED) is 0.803. The highest BCUT2D eigenvalue weighted by Crippen LogP contribution is 2.10. The molecule has 19 heavy (non-hydrogen) atoms. The molecule has 0 unspecified atom stereocenters. The van der Waals surface area contributed by atoms with Crippen LogP contribution in [0.4, 0.5) is 0 Å². The summed E-state index contributed by atoms with van der Waals surface area (Å²) in [5, 5.41) is 10.4. The number of rotatable bonds is 7. The van der Waals surface area contributed by atoms with E-state index in [0.717, 1.165) is 25.4 Å². The van der Waals surface area contributed by atoms with Crippen LogP contribution < -0.4 is 5.32 Å². The first-order valence-electron chi connectivity index (χ1n) is 6.65. The van der Waals surface area contributed by atoms with Crippen molar-refractivity contribution in [2.24, 2.45) is 0 Å². The third-order valence-corrected chi connectivity index (χ3v) is 3.15. The fourth-order valence-corrected chi connectivity index (χ4v) is 1.97. The highest BCUT2D eigenvalue weighted by molar-refractivity contribution is 5.26. The lowest BCUT2D eigenvalue weighted by Crippen LogP contribution is -2.14. The molecule has 0 bridgehead atoms. The van der Waals surface area contributed by atoms with Crippen LogP contribution in [0.2, 0.25) is 0 Å². The molecule has 0 saturated carbocycles. The molecule has 2 aromatic rings. The van der Waals surface area contributed by atoms with Crippen LogP contribution in [0.25, 0.3) is 0 Å². The summed E-state index contributed by atoms with van der Waals surface area (Å²) < 4.78 is 5.49. The molecule has 0 aliphatic carbocycles. The standard InChI is InChI=1S/C15H21N3O/c1-3-19-11-14-7-5-4-6-13(14)8-16-9-15-10-17-18-12(15)2/h4-7,10,16H,3,8-9,11H2,1-2H3,(H,17,18). The van der Waals surface area contributed by atoms with Crippen LogP contribution >= 0.6 is 0 Å². The fraction of sp³-hybridized carbons (Fsp3) is 0.400. The lowest BCUT2D eigenvalue weighted by atomic mass is 10.1. The SMILES string of the molecule is CCOCc1ccccc1CNCc1cn[nH]c1C. The van der Waals surface area contributed by atoms with E-state index in [4.69, 9.17) is 4.74 Å². The number of aromatic amines is 1. The van der Waals surface area contributed by atoms with Gasteiger partial charge >= 0.3 is 0 Å². The molecule has 0 aliphatic heterocycles. The largest absolute Gasteiger partial charge is 0.377 e. The van der Waals surface area contributed by atoms with Crippen molar-refractivity contribution in [2.75, 3.05) is 6.61 Å². The second-order valence-corrected chi connectivity index (χ2v) is 4.53. The molecule has 4 nitrogen and oxygen atoms in total. The Morgan fingerprint density at radius 2 is 1.89 bits per heavy atom. The van der Waals surface area contributed by atoms with Crippen molar-refractivity contribution < 1.29 is 4.74 Å². The first-order chi connectivity index (χ1) is 9.31. The van der Waals surface area contributed by atoms with E-state index in [9.17, 15) is 0 Å². The van der Waals surface area contributed by atoms with Crippen LogP contribution in [0.3, 0.4) is 0 Å². The Kier molecular flexibility index (Phi) is 5.12. The lowest BCUT2D eigenvalue weighted by Gasteiger charge is -2.10. The number of nitrogens with one attached hydrogen (secondary N) is 2. The van der Waals surface area contributed by atoms with Crippen molar-refractivity contribution in [1.82, 2.24) is 15.5 Å². The Balaban J connectivity index is 1.90. The van der Waals surface area contributed by atoms with E-state index in [0.29, 0.717) is 6.61 Å². The highest BCUT2D eigenvalue weighted by Gasteiger charge is 2.03. The van der Waals surface area contributed by atoms with Crippen molar-refractivity contribution in [1.29, 1.82) is 0 Å². The van der Waals surface area contributed by atoms with E-state index in [-0.39, 0.29) is 0 Å². The van der Waals surface area contributed by atoms with Crippen molar-refractivity contribution in [3.05, 3.63) is 52.8 Å². The molecule has 2 N–H and O–H groups in total. The first-order valence-corrected chi connectivity index (χ1v) is 6.65.